The van der Waals surface area contributed by atoms with Crippen LogP contribution in [0.4, 0.5) is 9.52 Å². The Labute approximate surface area is 250 Å². The number of halogens is 1. The second kappa shape index (κ2) is 12.6. The molecule has 1 N–H and O–H groups in total. The predicted octanol–water partition coefficient (Wildman–Crippen LogP) is 3.61. The smallest absolute Gasteiger partial charge is 0.251 e. The molecule has 11 heteroatoms. The van der Waals surface area contributed by atoms with E-state index < -0.39 is 18.0 Å². The van der Waals surface area contributed by atoms with Gasteiger partial charge in [-0.15, -0.1) is 0 Å². The fourth-order valence-corrected chi connectivity index (χ4v) is 6.88. The minimum atomic E-state index is -0.794. The first kappa shape index (κ1) is 30.3. The van der Waals surface area contributed by atoms with Gasteiger partial charge in [-0.2, -0.15) is 4.39 Å². The number of likely N-dealkylation sites (N-methyl/N-ethyl adjacent to an activating group) is 1. The van der Waals surface area contributed by atoms with E-state index >= 15 is 0 Å². The summed E-state index contributed by atoms with van der Waals surface area (Å²) in [6.45, 7) is 11.7. The largest absolute Gasteiger partial charge is 0.367 e. The monoisotopic (exact) mass is 597 g/mol. The van der Waals surface area contributed by atoms with Crippen LogP contribution in [0.3, 0.4) is 0 Å². The molecule has 4 unspecified atom stereocenters. The number of ether oxygens (including phenoxy) is 1. The molecule has 42 heavy (non-hydrogen) atoms. The minimum Gasteiger partial charge on any atom is -0.367 e. The van der Waals surface area contributed by atoms with Crippen LogP contribution in [0, 0.1) is 17.0 Å². The molecule has 2 aromatic rings. The molecule has 3 aliphatic rings. The van der Waals surface area contributed by atoms with Gasteiger partial charge in [0.15, 0.2) is 10.9 Å². The zero-order valence-corrected chi connectivity index (χ0v) is 25.7. The second-order valence-corrected chi connectivity index (χ2v) is 12.9. The predicted molar refractivity (Wildman–Crippen MR) is 161 cm³/mol. The Hall–Kier alpha value is -3.15. The number of thiazole rings is 1. The number of hydrogen-bond acceptors (Lipinski definition) is 8. The Bertz CT molecular complexity index is 1350. The Morgan fingerprint density at radius 3 is 2.52 bits per heavy atom. The summed E-state index contributed by atoms with van der Waals surface area (Å²) in [7, 11) is 2.07. The van der Waals surface area contributed by atoms with Crippen LogP contribution in [0.1, 0.15) is 44.5 Å². The maximum absolute atomic E-state index is 14.9. The van der Waals surface area contributed by atoms with Crippen LogP contribution in [0.2, 0.25) is 0 Å². The SMILES string of the molecule is CC=C(C)C1CN(C(=O)C(CC(C)C)NC(=O)c2ccc(-c3nc(N4CCN(C)CC4)sc3F)cc2)C2C(=O)COC12. The van der Waals surface area contributed by atoms with E-state index in [1.807, 2.05) is 33.8 Å². The molecule has 3 saturated heterocycles. The average molecular weight is 598 g/mol. The van der Waals surface area contributed by atoms with Crippen molar-refractivity contribution in [3.8, 4) is 11.3 Å². The van der Waals surface area contributed by atoms with Crippen molar-refractivity contribution in [2.75, 3.05) is 51.3 Å². The van der Waals surface area contributed by atoms with Crippen molar-refractivity contribution >= 4 is 34.1 Å². The van der Waals surface area contributed by atoms with E-state index in [0.29, 0.717) is 29.2 Å². The van der Waals surface area contributed by atoms with Crippen LogP contribution < -0.4 is 10.2 Å². The van der Waals surface area contributed by atoms with Gasteiger partial charge in [-0.1, -0.05) is 49.0 Å². The molecule has 4 atom stereocenters. The maximum Gasteiger partial charge on any atom is 0.251 e. The van der Waals surface area contributed by atoms with E-state index in [2.05, 4.69) is 27.1 Å². The normalized spacial score (nSPS) is 23.9. The standard InChI is InChI=1S/C31H40FN5O4S/c1-6-19(4)22-16-37(26-24(38)17-41-27(22)26)30(40)23(15-18(2)3)33-29(39)21-9-7-20(8-10-21)25-28(32)42-31(34-25)36-13-11-35(5)12-14-36/h6-10,18,22-23,26-27H,11-17H2,1-5H3,(H,33,39). The second-order valence-electron chi connectivity index (χ2n) is 12.0. The number of aromatic nitrogens is 1. The lowest BCUT2D eigenvalue weighted by Gasteiger charge is -2.31. The van der Waals surface area contributed by atoms with E-state index in [4.69, 9.17) is 4.74 Å². The number of nitrogens with one attached hydrogen (secondary N) is 1. The molecule has 0 radical (unpaired) electrons. The number of piperazine rings is 1. The fraction of sp³-hybridized carbons (Fsp3) is 0.548. The van der Waals surface area contributed by atoms with Crippen LogP contribution in [0.15, 0.2) is 35.9 Å². The number of anilines is 1. The van der Waals surface area contributed by atoms with Gasteiger partial charge in [0.05, 0.1) is 6.10 Å². The van der Waals surface area contributed by atoms with E-state index in [9.17, 15) is 18.8 Å². The molecule has 4 heterocycles. The molecule has 9 nitrogen and oxygen atoms in total. The van der Waals surface area contributed by atoms with E-state index in [1.165, 1.54) is 0 Å². The number of carbonyl (C=O) groups is 3. The number of ketones is 1. The molecule has 0 bridgehead atoms. The van der Waals surface area contributed by atoms with Crippen molar-refractivity contribution in [2.45, 2.75) is 52.3 Å². The van der Waals surface area contributed by atoms with Crippen LogP contribution in [-0.2, 0) is 14.3 Å². The Balaban J connectivity index is 1.30. The zero-order valence-electron chi connectivity index (χ0n) is 24.9. The first-order chi connectivity index (χ1) is 20.1. The molecule has 0 saturated carbocycles. The molecule has 1 aromatic carbocycles. The van der Waals surface area contributed by atoms with Gasteiger partial charge in [0.2, 0.25) is 11.0 Å². The summed E-state index contributed by atoms with van der Waals surface area (Å²) in [4.78, 5) is 50.4. The number of benzene rings is 1. The summed E-state index contributed by atoms with van der Waals surface area (Å²) < 4.78 is 20.7. The highest BCUT2D eigenvalue weighted by Gasteiger charge is 2.53. The number of nitrogens with zero attached hydrogens (tertiary/aromatic N) is 4. The Morgan fingerprint density at radius 2 is 1.88 bits per heavy atom. The molecule has 2 amide bonds. The highest BCUT2D eigenvalue weighted by molar-refractivity contribution is 7.14. The molecule has 0 aliphatic carbocycles. The number of carbonyl (C=O) groups excluding carboxylic acids is 3. The van der Waals surface area contributed by atoms with Crippen LogP contribution in [0.5, 0.6) is 0 Å². The highest BCUT2D eigenvalue weighted by atomic mass is 32.1. The number of hydrogen-bond donors (Lipinski definition) is 1. The van der Waals surface area contributed by atoms with Crippen LogP contribution in [-0.4, -0.2) is 96.9 Å². The van der Waals surface area contributed by atoms with Gasteiger partial charge in [-0.3, -0.25) is 14.4 Å². The number of rotatable bonds is 8. The third-order valence-electron chi connectivity index (χ3n) is 8.59. The van der Waals surface area contributed by atoms with Crippen LogP contribution in [0.25, 0.3) is 11.3 Å². The lowest BCUT2D eigenvalue weighted by atomic mass is 9.94. The Morgan fingerprint density at radius 1 is 1.19 bits per heavy atom. The lowest BCUT2D eigenvalue weighted by molar-refractivity contribution is -0.138. The third kappa shape index (κ3) is 6.14. The van der Waals surface area contributed by atoms with Crippen molar-refractivity contribution < 1.29 is 23.5 Å². The summed E-state index contributed by atoms with van der Waals surface area (Å²) in [6, 6.07) is 5.20. The van der Waals surface area contributed by atoms with Gasteiger partial charge in [0.1, 0.15) is 24.4 Å². The first-order valence-electron chi connectivity index (χ1n) is 14.7. The van der Waals surface area contributed by atoms with Crippen molar-refractivity contribution in [3.63, 3.8) is 0 Å². The number of allylic oxidation sites excluding steroid dienone is 1. The fourth-order valence-electron chi connectivity index (χ4n) is 6.02. The van der Waals surface area contributed by atoms with E-state index in [1.54, 1.807) is 29.2 Å². The van der Waals surface area contributed by atoms with Crippen molar-refractivity contribution in [1.82, 2.24) is 20.1 Å². The summed E-state index contributed by atoms with van der Waals surface area (Å²) in [5, 5.41) is 3.22. The minimum absolute atomic E-state index is 0.00336. The van der Waals surface area contributed by atoms with E-state index in [-0.39, 0.29) is 47.1 Å². The lowest BCUT2D eigenvalue weighted by Crippen LogP contribution is -2.52. The molecule has 5 rings (SSSR count). The highest BCUT2D eigenvalue weighted by Crippen LogP contribution is 2.36. The summed E-state index contributed by atoms with van der Waals surface area (Å²) >= 11 is 1.04. The molecule has 0 spiro atoms. The topological polar surface area (TPSA) is 95.1 Å². The van der Waals surface area contributed by atoms with Crippen molar-refractivity contribution in [1.29, 1.82) is 0 Å². The number of likely N-dealkylation sites (tertiary alicyclic amines) is 1. The number of amides is 2. The average Bonchev–Trinajstić information content (AvgIpc) is 3.67. The van der Waals surface area contributed by atoms with E-state index in [0.717, 1.165) is 43.1 Å². The molecule has 3 aliphatic heterocycles. The number of fused-ring (bicyclic) bond motifs is 1. The van der Waals surface area contributed by atoms with Gasteiger partial charge >= 0.3 is 0 Å². The Kier molecular flexibility index (Phi) is 9.10. The van der Waals surface area contributed by atoms with Gasteiger partial charge in [0.25, 0.3) is 5.91 Å². The van der Waals surface area contributed by atoms with Gasteiger partial charge < -0.3 is 24.8 Å². The first-order valence-corrected chi connectivity index (χ1v) is 15.5. The van der Waals surface area contributed by atoms with Crippen molar-refractivity contribution in [2.24, 2.45) is 11.8 Å². The van der Waals surface area contributed by atoms with Gasteiger partial charge in [-0.05, 0) is 45.4 Å². The molecule has 3 fully saturated rings. The third-order valence-corrected chi connectivity index (χ3v) is 9.49. The molecular formula is C31H40FN5O4S. The summed E-state index contributed by atoms with van der Waals surface area (Å²) in [6.07, 6.45) is 2.06. The van der Waals surface area contributed by atoms with Gasteiger partial charge in [0, 0.05) is 49.8 Å². The summed E-state index contributed by atoms with van der Waals surface area (Å²) in [5.74, 6) is -0.694. The maximum atomic E-state index is 14.9. The van der Waals surface area contributed by atoms with Crippen LogP contribution >= 0.6 is 11.3 Å². The van der Waals surface area contributed by atoms with Crippen molar-refractivity contribution in [3.05, 3.63) is 46.6 Å². The molecule has 1 aromatic heterocycles. The van der Waals surface area contributed by atoms with Gasteiger partial charge in [-0.25, -0.2) is 4.98 Å². The summed E-state index contributed by atoms with van der Waals surface area (Å²) in [5.41, 5.74) is 2.29. The zero-order chi connectivity index (χ0) is 30.1. The molecular weight excluding hydrogens is 557 g/mol. The number of Topliss-reactive ketones (excluding diaryl/α,β-unsaturated/α-hetero) is 1. The quantitative estimate of drug-likeness (QED) is 0.465. The molecule has 226 valence electrons.